The molecule has 2 aromatic rings. The first-order chi connectivity index (χ1) is 9.38. The molecule has 0 bridgehead atoms. The monoisotopic (exact) mass is 288 g/mol. The number of rotatable bonds is 1. The van der Waals surface area contributed by atoms with Crippen molar-refractivity contribution < 1.29 is 4.79 Å². The first-order valence-electron chi connectivity index (χ1n) is 7.13. The predicted octanol–water partition coefficient (Wildman–Crippen LogP) is 3.57. The fraction of sp³-hybridized carbons (Fsp3) is 0.500. The average molecular weight is 288 g/mol. The van der Waals surface area contributed by atoms with Crippen molar-refractivity contribution in [2.24, 2.45) is 5.73 Å². The molecule has 0 fully saturated rings. The molecule has 0 atom stereocenters. The molecule has 0 spiro atoms. The number of aromatic nitrogens is 1. The molecule has 0 aliphatic heterocycles. The van der Waals surface area contributed by atoms with Crippen LogP contribution in [0.5, 0.6) is 0 Å². The number of nitrogens with zero attached hydrogens (tertiary/aromatic N) is 1. The van der Waals surface area contributed by atoms with Crippen molar-refractivity contribution in [1.29, 1.82) is 0 Å². The number of nitrogens with two attached hydrogens (primary N) is 1. The van der Waals surface area contributed by atoms with Crippen molar-refractivity contribution in [3.05, 3.63) is 27.8 Å². The van der Waals surface area contributed by atoms with E-state index in [2.05, 4.69) is 26.8 Å². The number of carbonyl (C=O) groups excluding carboxylic acids is 1. The van der Waals surface area contributed by atoms with Gasteiger partial charge in [-0.15, -0.1) is 11.3 Å². The largest absolute Gasteiger partial charge is 0.365 e. The summed E-state index contributed by atoms with van der Waals surface area (Å²) in [7, 11) is 0. The van der Waals surface area contributed by atoms with Crippen LogP contribution in [0.15, 0.2) is 6.07 Å². The summed E-state index contributed by atoms with van der Waals surface area (Å²) in [6, 6.07) is 2.25. The van der Waals surface area contributed by atoms with Gasteiger partial charge in [-0.3, -0.25) is 4.79 Å². The van der Waals surface area contributed by atoms with E-state index < -0.39 is 0 Å². The molecule has 20 heavy (non-hydrogen) atoms. The van der Waals surface area contributed by atoms with Gasteiger partial charge < -0.3 is 5.73 Å². The van der Waals surface area contributed by atoms with E-state index >= 15 is 0 Å². The zero-order chi connectivity index (χ0) is 14.5. The number of hydrogen-bond donors (Lipinski definition) is 1. The number of pyridine rings is 1. The molecule has 0 radical (unpaired) electrons. The molecule has 1 amide bonds. The minimum Gasteiger partial charge on any atom is -0.365 e. The highest BCUT2D eigenvalue weighted by Crippen LogP contribution is 2.39. The van der Waals surface area contributed by atoms with Crippen LogP contribution in [-0.4, -0.2) is 10.9 Å². The molecule has 0 saturated heterocycles. The summed E-state index contributed by atoms with van der Waals surface area (Å²) >= 11 is 1.45. The minimum atomic E-state index is -0.337. The van der Waals surface area contributed by atoms with E-state index in [0.29, 0.717) is 4.88 Å². The number of hydrogen-bond acceptors (Lipinski definition) is 3. The molecule has 2 heterocycles. The summed E-state index contributed by atoms with van der Waals surface area (Å²) in [5, 5.41) is 1.12. The van der Waals surface area contributed by atoms with Gasteiger partial charge in [0.15, 0.2) is 0 Å². The van der Waals surface area contributed by atoms with Crippen molar-refractivity contribution in [2.75, 3.05) is 0 Å². The fourth-order valence-corrected chi connectivity index (χ4v) is 4.30. The van der Waals surface area contributed by atoms with E-state index in [-0.39, 0.29) is 11.3 Å². The highest BCUT2D eigenvalue weighted by Gasteiger charge is 2.27. The number of amides is 1. The van der Waals surface area contributed by atoms with Crippen molar-refractivity contribution >= 4 is 27.5 Å². The molecule has 3 nitrogen and oxygen atoms in total. The van der Waals surface area contributed by atoms with E-state index in [4.69, 9.17) is 10.7 Å². The van der Waals surface area contributed by atoms with Crippen molar-refractivity contribution in [1.82, 2.24) is 4.98 Å². The van der Waals surface area contributed by atoms with Gasteiger partial charge in [0.05, 0.1) is 4.88 Å². The number of aryl methyl sites for hydroxylation is 2. The lowest BCUT2D eigenvalue weighted by molar-refractivity contribution is 0.100. The van der Waals surface area contributed by atoms with Crippen LogP contribution in [0, 0.1) is 0 Å². The SMILES string of the molecule is CC(C)(C)c1c(C(N)=O)sc2nc3c(cc12)CCCC3. The lowest BCUT2D eigenvalue weighted by atomic mass is 9.84. The summed E-state index contributed by atoms with van der Waals surface area (Å²) in [6.45, 7) is 6.38. The lowest BCUT2D eigenvalue weighted by Gasteiger charge is -2.20. The minimum absolute atomic E-state index is 0.104. The molecule has 0 unspecified atom stereocenters. The van der Waals surface area contributed by atoms with Gasteiger partial charge >= 0.3 is 0 Å². The Morgan fingerprint density at radius 1 is 1.30 bits per heavy atom. The Hall–Kier alpha value is -1.42. The Balaban J connectivity index is 2.33. The Labute approximate surface area is 123 Å². The van der Waals surface area contributed by atoms with Gasteiger partial charge in [-0.25, -0.2) is 4.98 Å². The van der Waals surface area contributed by atoms with E-state index in [1.54, 1.807) is 0 Å². The van der Waals surface area contributed by atoms with E-state index in [1.165, 1.54) is 35.4 Å². The molecule has 3 rings (SSSR count). The Bertz CT molecular complexity index is 695. The maximum Gasteiger partial charge on any atom is 0.259 e. The predicted molar refractivity (Wildman–Crippen MR) is 83.5 cm³/mol. The summed E-state index contributed by atoms with van der Waals surface area (Å²) in [4.78, 5) is 18.2. The lowest BCUT2D eigenvalue weighted by Crippen LogP contribution is -2.19. The summed E-state index contributed by atoms with van der Waals surface area (Å²) in [5.41, 5.74) is 9.09. The Morgan fingerprint density at radius 3 is 2.65 bits per heavy atom. The Kier molecular flexibility index (Phi) is 3.09. The quantitative estimate of drug-likeness (QED) is 0.872. The molecule has 0 aromatic carbocycles. The number of carbonyl (C=O) groups is 1. The van der Waals surface area contributed by atoms with Gasteiger partial charge in [0, 0.05) is 11.1 Å². The van der Waals surface area contributed by atoms with Crippen LogP contribution in [0.4, 0.5) is 0 Å². The number of primary amides is 1. The van der Waals surface area contributed by atoms with Crippen LogP contribution in [0.2, 0.25) is 0 Å². The first-order valence-corrected chi connectivity index (χ1v) is 7.95. The number of fused-ring (bicyclic) bond motifs is 2. The standard InChI is InChI=1S/C16H20N2OS/c1-16(2,3)12-10-8-9-6-4-5-7-11(9)18-15(10)20-13(12)14(17)19/h8H,4-7H2,1-3H3,(H2,17,19). The second kappa shape index (κ2) is 4.55. The molecule has 106 valence electrons. The highest BCUT2D eigenvalue weighted by molar-refractivity contribution is 7.20. The second-order valence-electron chi connectivity index (χ2n) is 6.57. The van der Waals surface area contributed by atoms with Gasteiger partial charge in [0.1, 0.15) is 4.83 Å². The fourth-order valence-electron chi connectivity index (χ4n) is 3.06. The second-order valence-corrected chi connectivity index (χ2v) is 7.57. The van der Waals surface area contributed by atoms with Gasteiger partial charge in [-0.05, 0) is 48.3 Å². The van der Waals surface area contributed by atoms with E-state index in [0.717, 1.165) is 28.6 Å². The zero-order valence-corrected chi connectivity index (χ0v) is 13.1. The smallest absolute Gasteiger partial charge is 0.259 e. The highest BCUT2D eigenvalue weighted by atomic mass is 32.1. The molecule has 1 aliphatic carbocycles. The maximum atomic E-state index is 11.8. The topological polar surface area (TPSA) is 56.0 Å². The van der Waals surface area contributed by atoms with Gasteiger partial charge in [0.25, 0.3) is 5.91 Å². The number of thiophene rings is 1. The summed E-state index contributed by atoms with van der Waals surface area (Å²) in [6.07, 6.45) is 4.60. The Morgan fingerprint density at radius 2 is 2.00 bits per heavy atom. The third kappa shape index (κ3) is 2.12. The molecular weight excluding hydrogens is 268 g/mol. The van der Waals surface area contributed by atoms with Crippen LogP contribution < -0.4 is 5.73 Å². The van der Waals surface area contributed by atoms with Crippen LogP contribution in [0.3, 0.4) is 0 Å². The third-order valence-electron chi connectivity index (χ3n) is 3.93. The van der Waals surface area contributed by atoms with E-state index in [9.17, 15) is 4.79 Å². The van der Waals surface area contributed by atoms with Crippen LogP contribution in [0.1, 0.15) is 60.1 Å². The van der Waals surface area contributed by atoms with E-state index in [1.807, 2.05) is 0 Å². The molecule has 0 saturated carbocycles. The van der Waals surface area contributed by atoms with Gasteiger partial charge in [0.2, 0.25) is 0 Å². The van der Waals surface area contributed by atoms with Crippen molar-refractivity contribution in [3.8, 4) is 0 Å². The summed E-state index contributed by atoms with van der Waals surface area (Å²) in [5.74, 6) is -0.337. The zero-order valence-electron chi connectivity index (χ0n) is 12.2. The van der Waals surface area contributed by atoms with Crippen LogP contribution >= 0.6 is 11.3 Å². The first kappa shape index (κ1) is 13.6. The molecule has 2 N–H and O–H groups in total. The molecule has 4 heteroatoms. The van der Waals surface area contributed by atoms with Gasteiger partial charge in [-0.2, -0.15) is 0 Å². The van der Waals surface area contributed by atoms with Crippen LogP contribution in [0.25, 0.3) is 10.2 Å². The normalized spacial score (nSPS) is 15.3. The molecule has 1 aliphatic rings. The van der Waals surface area contributed by atoms with Crippen molar-refractivity contribution in [2.45, 2.75) is 51.9 Å². The maximum absolute atomic E-state index is 11.8. The average Bonchev–Trinajstić information content (AvgIpc) is 2.74. The van der Waals surface area contributed by atoms with Gasteiger partial charge in [-0.1, -0.05) is 20.8 Å². The molecule has 2 aromatic heterocycles. The third-order valence-corrected chi connectivity index (χ3v) is 5.05. The van der Waals surface area contributed by atoms with Crippen molar-refractivity contribution in [3.63, 3.8) is 0 Å². The summed E-state index contributed by atoms with van der Waals surface area (Å²) < 4.78 is 0. The van der Waals surface area contributed by atoms with Crippen LogP contribution in [-0.2, 0) is 18.3 Å². The molecular formula is C16H20N2OS.